The van der Waals surface area contributed by atoms with Crippen molar-refractivity contribution in [2.45, 2.75) is 0 Å². The van der Waals surface area contributed by atoms with E-state index in [4.69, 9.17) is 0 Å². The standard InChI is InChI=1S/C10H23NS4/c1-12-7-9-14-5-3-11-4-6-15-10-8-13-2/h11H,3-10H2,1-2H3. The van der Waals surface area contributed by atoms with E-state index in [1.807, 2.05) is 23.5 Å². The van der Waals surface area contributed by atoms with Crippen molar-refractivity contribution in [2.75, 3.05) is 60.1 Å². The molecule has 0 aromatic carbocycles. The Morgan fingerprint density at radius 2 is 1.13 bits per heavy atom. The summed E-state index contributed by atoms with van der Waals surface area (Å²) in [5.41, 5.74) is 0. The van der Waals surface area contributed by atoms with E-state index in [0.717, 1.165) is 0 Å². The molecule has 0 fully saturated rings. The highest BCUT2D eigenvalue weighted by molar-refractivity contribution is 8.03. The summed E-state index contributed by atoms with van der Waals surface area (Å²) in [5, 5.41) is 3.48. The first-order valence-electron chi connectivity index (χ1n) is 5.26. The van der Waals surface area contributed by atoms with Crippen LogP contribution in [-0.4, -0.2) is 60.1 Å². The Balaban J connectivity index is 2.81. The first kappa shape index (κ1) is 16.4. The summed E-state index contributed by atoms with van der Waals surface area (Å²) in [6, 6.07) is 0. The maximum absolute atomic E-state index is 3.48. The normalized spacial score (nSPS) is 10.8. The van der Waals surface area contributed by atoms with Crippen LogP contribution in [0.2, 0.25) is 0 Å². The van der Waals surface area contributed by atoms with Gasteiger partial charge in [0.1, 0.15) is 0 Å². The Morgan fingerprint density at radius 3 is 1.53 bits per heavy atom. The van der Waals surface area contributed by atoms with Gasteiger partial charge in [0.25, 0.3) is 0 Å². The van der Waals surface area contributed by atoms with E-state index in [9.17, 15) is 0 Å². The molecule has 0 radical (unpaired) electrons. The summed E-state index contributed by atoms with van der Waals surface area (Å²) in [5.74, 6) is 7.69. The molecule has 15 heavy (non-hydrogen) atoms. The lowest BCUT2D eigenvalue weighted by Crippen LogP contribution is -2.20. The fraction of sp³-hybridized carbons (Fsp3) is 1.00. The lowest BCUT2D eigenvalue weighted by atomic mass is 10.7. The highest BCUT2D eigenvalue weighted by Gasteiger charge is 1.91. The van der Waals surface area contributed by atoms with Gasteiger partial charge in [-0.25, -0.2) is 0 Å². The molecule has 0 atom stereocenters. The maximum atomic E-state index is 3.48. The third kappa shape index (κ3) is 15.4. The summed E-state index contributed by atoms with van der Waals surface area (Å²) in [4.78, 5) is 0. The molecule has 1 nitrogen and oxygen atoms in total. The summed E-state index contributed by atoms with van der Waals surface area (Å²) in [6.07, 6.45) is 4.34. The van der Waals surface area contributed by atoms with Crippen LogP contribution in [-0.2, 0) is 0 Å². The van der Waals surface area contributed by atoms with E-state index in [-0.39, 0.29) is 0 Å². The van der Waals surface area contributed by atoms with Crippen LogP contribution < -0.4 is 5.32 Å². The van der Waals surface area contributed by atoms with E-state index in [2.05, 4.69) is 41.4 Å². The molecular weight excluding hydrogens is 262 g/mol. The Labute approximate surface area is 112 Å². The van der Waals surface area contributed by atoms with Gasteiger partial charge in [0.2, 0.25) is 0 Å². The predicted octanol–water partition coefficient (Wildman–Crippen LogP) is 2.77. The monoisotopic (exact) mass is 285 g/mol. The van der Waals surface area contributed by atoms with Gasteiger partial charge in [-0.15, -0.1) is 0 Å². The van der Waals surface area contributed by atoms with Crippen LogP contribution in [0.5, 0.6) is 0 Å². The van der Waals surface area contributed by atoms with Crippen molar-refractivity contribution in [3.05, 3.63) is 0 Å². The molecule has 1 N–H and O–H groups in total. The molecule has 0 aliphatic heterocycles. The van der Waals surface area contributed by atoms with Gasteiger partial charge in [-0.05, 0) is 12.5 Å². The molecule has 0 aliphatic rings. The zero-order chi connectivity index (χ0) is 11.2. The average molecular weight is 286 g/mol. The highest BCUT2D eigenvalue weighted by Crippen LogP contribution is 2.04. The van der Waals surface area contributed by atoms with Crippen molar-refractivity contribution in [1.29, 1.82) is 0 Å². The van der Waals surface area contributed by atoms with Crippen molar-refractivity contribution >= 4 is 47.0 Å². The van der Waals surface area contributed by atoms with E-state index >= 15 is 0 Å². The van der Waals surface area contributed by atoms with E-state index < -0.39 is 0 Å². The summed E-state index contributed by atoms with van der Waals surface area (Å²) in [6.45, 7) is 2.34. The fourth-order valence-electron chi connectivity index (χ4n) is 0.902. The van der Waals surface area contributed by atoms with Gasteiger partial charge in [-0.1, -0.05) is 0 Å². The Hall–Kier alpha value is 1.36. The molecule has 0 aliphatic carbocycles. The van der Waals surface area contributed by atoms with Crippen LogP contribution in [0.15, 0.2) is 0 Å². The zero-order valence-corrected chi connectivity index (χ0v) is 13.1. The molecule has 5 heteroatoms. The number of hydrogen-bond acceptors (Lipinski definition) is 5. The van der Waals surface area contributed by atoms with Gasteiger partial charge in [0, 0.05) is 47.6 Å². The maximum Gasteiger partial charge on any atom is 0.00584 e. The third-order valence-electron chi connectivity index (χ3n) is 1.71. The molecule has 0 amide bonds. The van der Waals surface area contributed by atoms with Crippen LogP contribution in [0, 0.1) is 0 Å². The van der Waals surface area contributed by atoms with E-state index in [1.165, 1.54) is 47.6 Å². The van der Waals surface area contributed by atoms with Crippen molar-refractivity contribution in [3.8, 4) is 0 Å². The number of nitrogens with one attached hydrogen (secondary N) is 1. The second-order valence-electron chi connectivity index (χ2n) is 2.96. The molecule has 0 heterocycles. The van der Waals surface area contributed by atoms with Crippen molar-refractivity contribution in [3.63, 3.8) is 0 Å². The fourth-order valence-corrected chi connectivity index (χ4v) is 4.16. The average Bonchev–Trinajstić information content (AvgIpc) is 2.26. The van der Waals surface area contributed by atoms with Gasteiger partial charge in [-0.2, -0.15) is 47.0 Å². The van der Waals surface area contributed by atoms with Crippen LogP contribution in [0.3, 0.4) is 0 Å². The molecule has 0 spiro atoms. The summed E-state index contributed by atoms with van der Waals surface area (Å²) in [7, 11) is 0. The molecule has 0 rings (SSSR count). The van der Waals surface area contributed by atoms with Crippen LogP contribution in [0.4, 0.5) is 0 Å². The second kappa shape index (κ2) is 15.4. The Morgan fingerprint density at radius 1 is 0.667 bits per heavy atom. The first-order valence-corrected chi connectivity index (χ1v) is 10.4. The summed E-state index contributed by atoms with van der Waals surface area (Å²) < 4.78 is 0. The zero-order valence-electron chi connectivity index (χ0n) is 9.79. The van der Waals surface area contributed by atoms with Crippen LogP contribution in [0.25, 0.3) is 0 Å². The number of rotatable bonds is 12. The molecular formula is C10H23NS4. The molecule has 0 bridgehead atoms. The summed E-state index contributed by atoms with van der Waals surface area (Å²) >= 11 is 7.98. The molecule has 92 valence electrons. The van der Waals surface area contributed by atoms with Crippen LogP contribution >= 0.6 is 47.0 Å². The van der Waals surface area contributed by atoms with Crippen molar-refractivity contribution in [1.82, 2.24) is 5.32 Å². The van der Waals surface area contributed by atoms with Crippen LogP contribution in [0.1, 0.15) is 0 Å². The topological polar surface area (TPSA) is 12.0 Å². The number of thioether (sulfide) groups is 4. The molecule has 0 aromatic heterocycles. The Bertz CT molecular complexity index is 102. The molecule has 0 aromatic rings. The predicted molar refractivity (Wildman–Crippen MR) is 84.3 cm³/mol. The molecule has 0 saturated carbocycles. The molecule has 0 unspecified atom stereocenters. The Kier molecular flexibility index (Phi) is 16.8. The minimum Gasteiger partial charge on any atom is -0.315 e. The lowest BCUT2D eigenvalue weighted by Gasteiger charge is -2.04. The van der Waals surface area contributed by atoms with Gasteiger partial charge in [0.05, 0.1) is 0 Å². The van der Waals surface area contributed by atoms with E-state index in [1.54, 1.807) is 0 Å². The highest BCUT2D eigenvalue weighted by atomic mass is 32.2. The largest absolute Gasteiger partial charge is 0.315 e. The van der Waals surface area contributed by atoms with Gasteiger partial charge >= 0.3 is 0 Å². The first-order chi connectivity index (χ1) is 7.41. The third-order valence-corrected chi connectivity index (χ3v) is 5.42. The van der Waals surface area contributed by atoms with Gasteiger partial charge in [0.15, 0.2) is 0 Å². The quantitative estimate of drug-likeness (QED) is 0.552. The molecule has 0 saturated heterocycles. The lowest BCUT2D eigenvalue weighted by molar-refractivity contribution is 0.774. The minimum atomic E-state index is 1.17. The minimum absolute atomic E-state index is 1.17. The second-order valence-corrected chi connectivity index (χ2v) is 7.38. The van der Waals surface area contributed by atoms with Crippen molar-refractivity contribution in [2.24, 2.45) is 0 Å². The van der Waals surface area contributed by atoms with Crippen molar-refractivity contribution < 1.29 is 0 Å². The SMILES string of the molecule is CSCCSCCNCCSCCSC. The van der Waals surface area contributed by atoms with Gasteiger partial charge < -0.3 is 5.32 Å². The number of hydrogen-bond donors (Lipinski definition) is 1. The van der Waals surface area contributed by atoms with Gasteiger partial charge in [-0.3, -0.25) is 0 Å². The van der Waals surface area contributed by atoms with E-state index in [0.29, 0.717) is 0 Å². The smallest absolute Gasteiger partial charge is 0.00584 e.